The molecule has 2 aliphatic heterocycles. The first-order valence-corrected chi connectivity index (χ1v) is 6.13. The van der Waals surface area contributed by atoms with Crippen LogP contribution < -0.4 is 5.32 Å². The van der Waals surface area contributed by atoms with Crippen LogP contribution in [-0.4, -0.2) is 84.1 Å². The Morgan fingerprint density at radius 2 is 1.58 bits per heavy atom. The summed E-state index contributed by atoms with van der Waals surface area (Å²) in [4.78, 5) is 41.2. The van der Waals surface area contributed by atoms with Crippen LogP contribution in [0.4, 0.5) is 9.59 Å². The molecule has 0 aromatic heterocycles. The monoisotopic (exact) mass is 269 g/mol. The molecule has 106 valence electrons. The van der Waals surface area contributed by atoms with Gasteiger partial charge in [-0.2, -0.15) is 0 Å². The number of carbonyl (C=O) groups is 3. The summed E-state index contributed by atoms with van der Waals surface area (Å²) >= 11 is 0. The SMILES string of the molecule is CC(=O)NCCN1C(=O)N(C)C2C1N(C)C(=O)N2C. The zero-order chi connectivity index (χ0) is 14.3. The molecule has 8 nitrogen and oxygen atoms in total. The summed E-state index contributed by atoms with van der Waals surface area (Å²) in [5.41, 5.74) is 0. The van der Waals surface area contributed by atoms with E-state index in [2.05, 4.69) is 5.32 Å². The molecule has 1 N–H and O–H groups in total. The van der Waals surface area contributed by atoms with E-state index in [0.29, 0.717) is 13.1 Å². The number of fused-ring (bicyclic) bond motifs is 1. The van der Waals surface area contributed by atoms with Gasteiger partial charge in [0.25, 0.3) is 0 Å². The molecule has 2 aliphatic rings. The number of hydrogen-bond donors (Lipinski definition) is 1. The zero-order valence-electron chi connectivity index (χ0n) is 11.6. The van der Waals surface area contributed by atoms with E-state index < -0.39 is 0 Å². The third kappa shape index (κ3) is 1.96. The molecule has 0 aromatic carbocycles. The van der Waals surface area contributed by atoms with Crippen LogP contribution in [0.5, 0.6) is 0 Å². The highest BCUT2D eigenvalue weighted by atomic mass is 16.2. The van der Waals surface area contributed by atoms with E-state index in [1.165, 1.54) is 6.92 Å². The lowest BCUT2D eigenvalue weighted by Gasteiger charge is -2.26. The Hall–Kier alpha value is -1.99. The second-order valence-electron chi connectivity index (χ2n) is 4.90. The van der Waals surface area contributed by atoms with Crippen molar-refractivity contribution >= 4 is 18.0 Å². The summed E-state index contributed by atoms with van der Waals surface area (Å²) in [5.74, 6) is -0.135. The van der Waals surface area contributed by atoms with Gasteiger partial charge in [-0.25, -0.2) is 9.59 Å². The Kier molecular flexibility index (Phi) is 3.25. The Morgan fingerprint density at radius 1 is 1.05 bits per heavy atom. The zero-order valence-corrected chi connectivity index (χ0v) is 11.6. The van der Waals surface area contributed by atoms with Gasteiger partial charge in [-0.3, -0.25) is 9.69 Å². The maximum absolute atomic E-state index is 12.2. The fourth-order valence-electron chi connectivity index (χ4n) is 2.71. The summed E-state index contributed by atoms with van der Waals surface area (Å²) in [6, 6.07) is -0.245. The summed E-state index contributed by atoms with van der Waals surface area (Å²) in [7, 11) is 5.05. The van der Waals surface area contributed by atoms with Crippen molar-refractivity contribution in [3.05, 3.63) is 0 Å². The summed E-state index contributed by atoms with van der Waals surface area (Å²) < 4.78 is 0. The molecule has 0 spiro atoms. The predicted octanol–water partition coefficient (Wildman–Crippen LogP) is -0.861. The Bertz CT molecular complexity index is 427. The molecule has 0 radical (unpaired) electrons. The lowest BCUT2D eigenvalue weighted by molar-refractivity contribution is -0.119. The number of nitrogens with one attached hydrogen (secondary N) is 1. The highest BCUT2D eigenvalue weighted by Gasteiger charge is 2.55. The van der Waals surface area contributed by atoms with Crippen molar-refractivity contribution < 1.29 is 14.4 Å². The van der Waals surface area contributed by atoms with E-state index in [1.54, 1.807) is 40.7 Å². The summed E-state index contributed by atoms with van der Waals surface area (Å²) in [6.45, 7) is 2.19. The molecule has 19 heavy (non-hydrogen) atoms. The van der Waals surface area contributed by atoms with Crippen molar-refractivity contribution in [2.24, 2.45) is 0 Å². The molecular formula is C11H19N5O3. The second-order valence-corrected chi connectivity index (χ2v) is 4.90. The number of urea groups is 2. The first-order chi connectivity index (χ1) is 8.86. The van der Waals surface area contributed by atoms with Gasteiger partial charge < -0.3 is 20.0 Å². The quantitative estimate of drug-likeness (QED) is 0.724. The van der Waals surface area contributed by atoms with E-state index in [1.807, 2.05) is 0 Å². The fourth-order valence-corrected chi connectivity index (χ4v) is 2.71. The van der Waals surface area contributed by atoms with Crippen LogP contribution >= 0.6 is 0 Å². The van der Waals surface area contributed by atoms with Crippen molar-refractivity contribution in [3.8, 4) is 0 Å². The highest BCUT2D eigenvalue weighted by molar-refractivity contribution is 5.84. The minimum absolute atomic E-state index is 0.112. The largest absolute Gasteiger partial charge is 0.355 e. The molecule has 2 fully saturated rings. The standard InChI is InChI=1S/C11H19N5O3/c1-7(17)12-5-6-16-9-8(14(3)11(16)19)13(2)10(18)15(9)4/h8-9H,5-6H2,1-4H3,(H,12,17). The van der Waals surface area contributed by atoms with Crippen LogP contribution in [0.25, 0.3) is 0 Å². The normalized spacial score (nSPS) is 26.3. The highest BCUT2D eigenvalue weighted by Crippen LogP contribution is 2.31. The van der Waals surface area contributed by atoms with Crippen LogP contribution in [-0.2, 0) is 4.79 Å². The molecule has 2 unspecified atom stereocenters. The van der Waals surface area contributed by atoms with E-state index >= 15 is 0 Å². The van der Waals surface area contributed by atoms with E-state index in [4.69, 9.17) is 0 Å². The Morgan fingerprint density at radius 3 is 2.16 bits per heavy atom. The second kappa shape index (κ2) is 4.60. The summed E-state index contributed by atoms with van der Waals surface area (Å²) in [5, 5.41) is 2.66. The maximum atomic E-state index is 12.2. The van der Waals surface area contributed by atoms with Crippen molar-refractivity contribution in [1.29, 1.82) is 0 Å². The van der Waals surface area contributed by atoms with Gasteiger partial charge in [0.05, 0.1) is 0 Å². The van der Waals surface area contributed by atoms with Gasteiger partial charge in [-0.15, -0.1) is 0 Å². The third-order valence-corrected chi connectivity index (χ3v) is 3.65. The molecule has 8 heteroatoms. The van der Waals surface area contributed by atoms with Crippen molar-refractivity contribution in [2.75, 3.05) is 34.2 Å². The van der Waals surface area contributed by atoms with Gasteiger partial charge in [0.1, 0.15) is 12.3 Å². The third-order valence-electron chi connectivity index (χ3n) is 3.65. The molecule has 2 saturated heterocycles. The molecule has 2 atom stereocenters. The number of hydrogen-bond acceptors (Lipinski definition) is 3. The first-order valence-electron chi connectivity index (χ1n) is 6.13. The van der Waals surface area contributed by atoms with Crippen LogP contribution in [0.1, 0.15) is 6.92 Å². The number of amides is 5. The molecule has 0 aliphatic carbocycles. The number of carbonyl (C=O) groups excluding carboxylic acids is 3. The topological polar surface area (TPSA) is 76.2 Å². The van der Waals surface area contributed by atoms with Crippen LogP contribution in [0.2, 0.25) is 0 Å². The molecule has 0 aromatic rings. The molecular weight excluding hydrogens is 250 g/mol. The maximum Gasteiger partial charge on any atom is 0.323 e. The number of rotatable bonds is 3. The number of likely N-dealkylation sites (N-methyl/N-ethyl adjacent to an activating group) is 3. The van der Waals surface area contributed by atoms with Crippen LogP contribution in [0, 0.1) is 0 Å². The molecule has 5 amide bonds. The van der Waals surface area contributed by atoms with Crippen LogP contribution in [0.15, 0.2) is 0 Å². The predicted molar refractivity (Wildman–Crippen MR) is 67.0 cm³/mol. The van der Waals surface area contributed by atoms with Crippen molar-refractivity contribution in [2.45, 2.75) is 19.3 Å². The minimum Gasteiger partial charge on any atom is -0.355 e. The molecule has 2 rings (SSSR count). The summed E-state index contributed by atoms with van der Waals surface area (Å²) in [6.07, 6.45) is -0.578. The first kappa shape index (κ1) is 13.4. The number of nitrogens with zero attached hydrogens (tertiary/aromatic N) is 4. The molecule has 0 bridgehead atoms. The van der Waals surface area contributed by atoms with Gasteiger partial charge in [-0.1, -0.05) is 0 Å². The van der Waals surface area contributed by atoms with E-state index in [9.17, 15) is 14.4 Å². The lowest BCUT2D eigenvalue weighted by atomic mass is 10.3. The van der Waals surface area contributed by atoms with E-state index in [0.717, 1.165) is 0 Å². The van der Waals surface area contributed by atoms with Gasteiger partial charge in [-0.05, 0) is 0 Å². The van der Waals surface area contributed by atoms with Gasteiger partial charge in [0.2, 0.25) is 5.91 Å². The van der Waals surface area contributed by atoms with Crippen molar-refractivity contribution in [1.82, 2.24) is 24.9 Å². The van der Waals surface area contributed by atoms with Crippen molar-refractivity contribution in [3.63, 3.8) is 0 Å². The van der Waals surface area contributed by atoms with E-state index in [-0.39, 0.29) is 30.3 Å². The van der Waals surface area contributed by atoms with Gasteiger partial charge >= 0.3 is 12.1 Å². The molecule has 0 saturated carbocycles. The molecule has 2 heterocycles. The average Bonchev–Trinajstić information content (AvgIpc) is 2.72. The average molecular weight is 269 g/mol. The van der Waals surface area contributed by atoms with Gasteiger partial charge in [0, 0.05) is 41.2 Å². The Balaban J connectivity index is 2.13. The lowest BCUT2D eigenvalue weighted by Crippen LogP contribution is -2.47. The minimum atomic E-state index is -0.302. The smallest absolute Gasteiger partial charge is 0.323 e. The Labute approximate surface area is 111 Å². The van der Waals surface area contributed by atoms with Crippen LogP contribution in [0.3, 0.4) is 0 Å². The fraction of sp³-hybridized carbons (Fsp3) is 0.727. The van der Waals surface area contributed by atoms with Gasteiger partial charge in [0.15, 0.2) is 0 Å².